The van der Waals surface area contributed by atoms with Crippen molar-refractivity contribution in [3.05, 3.63) is 29.6 Å². The van der Waals surface area contributed by atoms with Crippen LogP contribution in [0.2, 0.25) is 0 Å². The highest BCUT2D eigenvalue weighted by atomic mass is 19.1. The fourth-order valence-corrected chi connectivity index (χ4v) is 1.72. The van der Waals surface area contributed by atoms with E-state index >= 15 is 0 Å². The smallest absolute Gasteiger partial charge is 0.165 e. The van der Waals surface area contributed by atoms with Crippen LogP contribution in [0.1, 0.15) is 24.9 Å². The van der Waals surface area contributed by atoms with Gasteiger partial charge in [-0.15, -0.1) is 0 Å². The van der Waals surface area contributed by atoms with E-state index in [0.29, 0.717) is 13.2 Å². The van der Waals surface area contributed by atoms with E-state index in [4.69, 9.17) is 14.6 Å². The van der Waals surface area contributed by atoms with Crippen molar-refractivity contribution in [1.29, 1.82) is 0 Å². The minimum Gasteiger partial charge on any atom is -0.494 e. The lowest BCUT2D eigenvalue weighted by Crippen LogP contribution is -2.21. The topological polar surface area (TPSA) is 50.7 Å². The molecule has 2 N–H and O–H groups in total. The molecule has 5 heteroatoms. The van der Waals surface area contributed by atoms with Crippen LogP contribution in [0.15, 0.2) is 18.2 Å². The summed E-state index contributed by atoms with van der Waals surface area (Å²) in [5, 5.41) is 11.9. The molecule has 0 radical (unpaired) electrons. The molecule has 108 valence electrons. The van der Waals surface area contributed by atoms with Gasteiger partial charge in [0.2, 0.25) is 0 Å². The Morgan fingerprint density at radius 2 is 2.16 bits per heavy atom. The van der Waals surface area contributed by atoms with E-state index in [2.05, 4.69) is 5.32 Å². The monoisotopic (exact) mass is 271 g/mol. The molecule has 0 spiro atoms. The highest BCUT2D eigenvalue weighted by molar-refractivity contribution is 5.31. The Hall–Kier alpha value is -1.17. The van der Waals surface area contributed by atoms with Gasteiger partial charge < -0.3 is 19.9 Å². The Balaban J connectivity index is 2.34. The van der Waals surface area contributed by atoms with Gasteiger partial charge in [0.1, 0.15) is 0 Å². The number of methoxy groups -OCH3 is 1. The maximum atomic E-state index is 13.3. The number of benzene rings is 1. The van der Waals surface area contributed by atoms with Crippen molar-refractivity contribution < 1.29 is 19.0 Å². The lowest BCUT2D eigenvalue weighted by atomic mass is 10.1. The summed E-state index contributed by atoms with van der Waals surface area (Å²) >= 11 is 0. The summed E-state index contributed by atoms with van der Waals surface area (Å²) in [6.45, 7) is 3.87. The van der Waals surface area contributed by atoms with Crippen molar-refractivity contribution in [3.63, 3.8) is 0 Å². The van der Waals surface area contributed by atoms with Crippen molar-refractivity contribution in [2.45, 2.75) is 19.4 Å². The van der Waals surface area contributed by atoms with Gasteiger partial charge in [-0.3, -0.25) is 0 Å². The first-order valence-corrected chi connectivity index (χ1v) is 6.44. The molecule has 0 fully saturated rings. The summed E-state index contributed by atoms with van der Waals surface area (Å²) in [5.41, 5.74) is 0.981. The summed E-state index contributed by atoms with van der Waals surface area (Å²) in [5.74, 6) is -0.0896. The Morgan fingerprint density at radius 3 is 2.84 bits per heavy atom. The Bertz CT molecular complexity index is 374. The normalized spacial score (nSPS) is 12.4. The molecular weight excluding hydrogens is 249 g/mol. The van der Waals surface area contributed by atoms with Gasteiger partial charge in [-0.1, -0.05) is 6.07 Å². The Morgan fingerprint density at radius 1 is 1.37 bits per heavy atom. The standard InChI is InChI=1S/C14H22FNO3/c1-11(16-6-3-8-19-9-7-17)12-4-5-13(15)14(10-12)18-2/h4-5,10-11,16-17H,3,6-9H2,1-2H3. The van der Waals surface area contributed by atoms with Crippen molar-refractivity contribution >= 4 is 0 Å². The van der Waals surface area contributed by atoms with Crippen molar-refractivity contribution in [2.75, 3.05) is 33.5 Å². The van der Waals surface area contributed by atoms with E-state index in [1.807, 2.05) is 6.92 Å². The minimum absolute atomic E-state index is 0.0548. The van der Waals surface area contributed by atoms with Crippen LogP contribution in [0.5, 0.6) is 5.75 Å². The molecule has 0 saturated heterocycles. The molecule has 0 aliphatic rings. The molecule has 1 atom stereocenters. The van der Waals surface area contributed by atoms with Gasteiger partial charge in [-0.05, 0) is 37.6 Å². The first kappa shape index (κ1) is 15.9. The van der Waals surface area contributed by atoms with Crippen LogP contribution in [0, 0.1) is 5.82 Å². The largest absolute Gasteiger partial charge is 0.494 e. The molecule has 0 aliphatic carbocycles. The van der Waals surface area contributed by atoms with Crippen LogP contribution >= 0.6 is 0 Å². The second kappa shape index (κ2) is 8.85. The van der Waals surface area contributed by atoms with Crippen molar-refractivity contribution in [1.82, 2.24) is 5.32 Å². The molecule has 1 aromatic carbocycles. The SMILES string of the molecule is COc1cc(C(C)NCCCOCCO)ccc1F. The first-order valence-electron chi connectivity index (χ1n) is 6.44. The highest BCUT2D eigenvalue weighted by Crippen LogP contribution is 2.22. The van der Waals surface area contributed by atoms with Gasteiger partial charge in [0.05, 0.1) is 20.3 Å². The van der Waals surface area contributed by atoms with E-state index in [1.54, 1.807) is 12.1 Å². The summed E-state index contributed by atoms with van der Waals surface area (Å²) in [4.78, 5) is 0. The fraction of sp³-hybridized carbons (Fsp3) is 0.571. The third-order valence-electron chi connectivity index (χ3n) is 2.83. The Kier molecular flexibility index (Phi) is 7.40. The maximum Gasteiger partial charge on any atom is 0.165 e. The molecule has 0 aromatic heterocycles. The van der Waals surface area contributed by atoms with Gasteiger partial charge in [0, 0.05) is 12.6 Å². The molecule has 0 aliphatic heterocycles. The zero-order chi connectivity index (χ0) is 14.1. The van der Waals surface area contributed by atoms with Crippen LogP contribution in [-0.4, -0.2) is 38.6 Å². The second-order valence-electron chi connectivity index (χ2n) is 4.26. The number of aliphatic hydroxyl groups is 1. The average molecular weight is 271 g/mol. The summed E-state index contributed by atoms with van der Waals surface area (Å²) in [6.07, 6.45) is 0.864. The zero-order valence-corrected chi connectivity index (χ0v) is 11.5. The number of hydrogen-bond donors (Lipinski definition) is 2. The number of ether oxygens (including phenoxy) is 2. The average Bonchev–Trinajstić information content (AvgIpc) is 2.43. The van der Waals surface area contributed by atoms with Crippen molar-refractivity contribution in [3.8, 4) is 5.75 Å². The predicted molar refractivity (Wildman–Crippen MR) is 71.9 cm³/mol. The number of nitrogens with one attached hydrogen (secondary N) is 1. The summed E-state index contributed by atoms with van der Waals surface area (Å²) in [6, 6.07) is 4.98. The number of aliphatic hydroxyl groups excluding tert-OH is 1. The van der Waals surface area contributed by atoms with E-state index in [-0.39, 0.29) is 24.2 Å². The highest BCUT2D eigenvalue weighted by Gasteiger charge is 2.08. The number of halogens is 1. The molecule has 4 nitrogen and oxygen atoms in total. The van der Waals surface area contributed by atoms with E-state index in [1.165, 1.54) is 13.2 Å². The van der Waals surface area contributed by atoms with E-state index in [0.717, 1.165) is 18.5 Å². The van der Waals surface area contributed by atoms with Crippen LogP contribution in [0.3, 0.4) is 0 Å². The minimum atomic E-state index is -0.351. The van der Waals surface area contributed by atoms with Gasteiger partial charge in [0.15, 0.2) is 11.6 Å². The van der Waals surface area contributed by atoms with Crippen LogP contribution < -0.4 is 10.1 Å². The predicted octanol–water partition coefficient (Wildman–Crippen LogP) is 1.88. The molecule has 0 amide bonds. The lowest BCUT2D eigenvalue weighted by Gasteiger charge is -2.15. The van der Waals surface area contributed by atoms with Gasteiger partial charge in [-0.25, -0.2) is 4.39 Å². The fourth-order valence-electron chi connectivity index (χ4n) is 1.72. The first-order chi connectivity index (χ1) is 9.19. The molecule has 1 aromatic rings. The molecule has 0 bridgehead atoms. The summed E-state index contributed by atoms with van der Waals surface area (Å²) < 4.78 is 23.4. The van der Waals surface area contributed by atoms with Gasteiger partial charge >= 0.3 is 0 Å². The lowest BCUT2D eigenvalue weighted by molar-refractivity contribution is 0.0904. The third-order valence-corrected chi connectivity index (χ3v) is 2.83. The van der Waals surface area contributed by atoms with Crippen LogP contribution in [0.4, 0.5) is 4.39 Å². The molecule has 1 unspecified atom stereocenters. The second-order valence-corrected chi connectivity index (χ2v) is 4.26. The van der Waals surface area contributed by atoms with Crippen LogP contribution in [0.25, 0.3) is 0 Å². The summed E-state index contributed by atoms with van der Waals surface area (Å²) in [7, 11) is 1.46. The van der Waals surface area contributed by atoms with E-state index < -0.39 is 0 Å². The molecule has 1 rings (SSSR count). The molecule has 0 saturated carbocycles. The van der Waals surface area contributed by atoms with Crippen molar-refractivity contribution in [2.24, 2.45) is 0 Å². The molecular formula is C14H22FNO3. The van der Waals surface area contributed by atoms with Crippen LogP contribution in [-0.2, 0) is 4.74 Å². The molecule has 0 heterocycles. The van der Waals surface area contributed by atoms with Gasteiger partial charge in [0.25, 0.3) is 0 Å². The maximum absolute atomic E-state index is 13.3. The van der Waals surface area contributed by atoms with Gasteiger partial charge in [-0.2, -0.15) is 0 Å². The molecule has 19 heavy (non-hydrogen) atoms. The quantitative estimate of drug-likeness (QED) is 0.673. The third kappa shape index (κ3) is 5.55. The number of rotatable bonds is 9. The van der Waals surface area contributed by atoms with E-state index in [9.17, 15) is 4.39 Å². The zero-order valence-electron chi connectivity index (χ0n) is 11.5. The number of hydrogen-bond acceptors (Lipinski definition) is 4. The Labute approximate surface area is 113 Å².